The molecule has 0 aromatic heterocycles. The highest BCUT2D eigenvalue weighted by molar-refractivity contribution is 6.06. The van der Waals surface area contributed by atoms with E-state index in [1.807, 2.05) is 37.3 Å². The third-order valence-corrected chi connectivity index (χ3v) is 5.16. The molecule has 1 saturated heterocycles. The lowest BCUT2D eigenvalue weighted by atomic mass is 9.89. The molecule has 3 unspecified atom stereocenters. The lowest BCUT2D eigenvalue weighted by Crippen LogP contribution is -2.52. The molecule has 1 aliphatic heterocycles. The van der Waals surface area contributed by atoms with Gasteiger partial charge in [-0.15, -0.1) is 0 Å². The molecule has 1 aromatic carbocycles. The van der Waals surface area contributed by atoms with Crippen molar-refractivity contribution in [2.75, 3.05) is 6.54 Å². The first-order valence-electron chi connectivity index (χ1n) is 7.62. The largest absolute Gasteiger partial charge is 0.328 e. The van der Waals surface area contributed by atoms with Crippen LogP contribution >= 0.6 is 0 Å². The molecule has 21 heavy (non-hydrogen) atoms. The van der Waals surface area contributed by atoms with Crippen LogP contribution in [0.4, 0.5) is 0 Å². The topological polar surface area (TPSA) is 63.4 Å². The van der Waals surface area contributed by atoms with Gasteiger partial charge in [0.05, 0.1) is 17.4 Å². The number of fused-ring (bicyclic) bond motifs is 1. The van der Waals surface area contributed by atoms with Gasteiger partial charge in [0, 0.05) is 6.54 Å². The van der Waals surface area contributed by atoms with Crippen LogP contribution in [0.1, 0.15) is 32.3 Å². The van der Waals surface area contributed by atoms with Crippen molar-refractivity contribution in [2.24, 2.45) is 23.5 Å². The van der Waals surface area contributed by atoms with Crippen LogP contribution in [0.2, 0.25) is 0 Å². The number of hydrogen-bond donors (Lipinski definition) is 1. The molecule has 1 heterocycles. The van der Waals surface area contributed by atoms with E-state index in [-0.39, 0.29) is 30.2 Å². The average Bonchev–Trinajstić information content (AvgIpc) is 2.98. The number of carbonyl (C=O) groups is 2. The van der Waals surface area contributed by atoms with Gasteiger partial charge in [0.15, 0.2) is 0 Å². The molecular formula is C17H22N2O2. The third kappa shape index (κ3) is 2.01. The van der Waals surface area contributed by atoms with Gasteiger partial charge < -0.3 is 5.73 Å². The Bertz CT molecular complexity index is 547. The van der Waals surface area contributed by atoms with E-state index in [1.54, 1.807) is 0 Å². The summed E-state index contributed by atoms with van der Waals surface area (Å²) in [5, 5.41) is 0. The molecule has 2 N–H and O–H groups in total. The zero-order valence-corrected chi connectivity index (χ0v) is 12.6. The maximum atomic E-state index is 12.8. The number of carbonyl (C=O) groups excluding carboxylic acids is 2. The Morgan fingerprint density at radius 1 is 1.14 bits per heavy atom. The fourth-order valence-corrected chi connectivity index (χ4v) is 3.90. The zero-order chi connectivity index (χ0) is 15.2. The van der Waals surface area contributed by atoms with E-state index >= 15 is 0 Å². The fraction of sp³-hybridized carbons (Fsp3) is 0.529. The van der Waals surface area contributed by atoms with Crippen molar-refractivity contribution < 1.29 is 9.59 Å². The Hall–Kier alpha value is -1.68. The van der Waals surface area contributed by atoms with Crippen LogP contribution in [0.5, 0.6) is 0 Å². The molecule has 4 heteroatoms. The monoisotopic (exact) mass is 286 g/mol. The second-order valence-corrected chi connectivity index (χ2v) is 6.65. The first kappa shape index (κ1) is 14.3. The summed E-state index contributed by atoms with van der Waals surface area (Å²) in [6.07, 6.45) is 1.64. The van der Waals surface area contributed by atoms with Gasteiger partial charge in [-0.2, -0.15) is 0 Å². The first-order chi connectivity index (χ1) is 9.99. The van der Waals surface area contributed by atoms with Gasteiger partial charge in [-0.3, -0.25) is 14.5 Å². The predicted molar refractivity (Wildman–Crippen MR) is 80.1 cm³/mol. The number of amides is 2. The summed E-state index contributed by atoms with van der Waals surface area (Å²) in [7, 11) is 0. The first-order valence-corrected chi connectivity index (χ1v) is 7.62. The number of nitrogens with zero attached hydrogens (tertiary/aromatic N) is 1. The van der Waals surface area contributed by atoms with E-state index in [0.717, 1.165) is 18.4 Å². The smallest absolute Gasteiger partial charge is 0.233 e. The highest BCUT2D eigenvalue weighted by Gasteiger charge is 2.56. The molecule has 1 aromatic rings. The van der Waals surface area contributed by atoms with Crippen molar-refractivity contribution in [2.45, 2.75) is 32.2 Å². The van der Waals surface area contributed by atoms with E-state index in [4.69, 9.17) is 5.73 Å². The second-order valence-electron chi connectivity index (χ2n) is 6.65. The molecule has 3 atom stereocenters. The van der Waals surface area contributed by atoms with E-state index in [2.05, 4.69) is 6.92 Å². The quantitative estimate of drug-likeness (QED) is 0.863. The van der Waals surface area contributed by atoms with Crippen molar-refractivity contribution in [3.63, 3.8) is 0 Å². The summed E-state index contributed by atoms with van der Waals surface area (Å²) in [6, 6.07) is 9.62. The van der Waals surface area contributed by atoms with E-state index in [9.17, 15) is 9.59 Å². The average molecular weight is 286 g/mol. The van der Waals surface area contributed by atoms with Gasteiger partial charge in [-0.1, -0.05) is 37.3 Å². The number of nitrogens with two attached hydrogens (primary N) is 1. The zero-order valence-electron chi connectivity index (χ0n) is 12.6. The van der Waals surface area contributed by atoms with Crippen LogP contribution in [0.15, 0.2) is 30.3 Å². The van der Waals surface area contributed by atoms with Gasteiger partial charge in [0.25, 0.3) is 0 Å². The molecule has 0 spiro atoms. The Balaban J connectivity index is 1.99. The van der Waals surface area contributed by atoms with Gasteiger partial charge in [0.2, 0.25) is 11.8 Å². The predicted octanol–water partition coefficient (Wildman–Crippen LogP) is 1.89. The minimum Gasteiger partial charge on any atom is -0.328 e. The Kier molecular flexibility index (Phi) is 3.36. The number of benzene rings is 1. The molecule has 2 amide bonds. The standard InChI is InChI=1S/C17H22N2O2/c1-11-8-13-14(9-11)16(21)19(15(13)20)17(2,10-18)12-6-4-3-5-7-12/h3-7,11,13-14H,8-10,18H2,1-2H3. The number of likely N-dealkylation sites (tertiary alicyclic amines) is 1. The summed E-state index contributed by atoms with van der Waals surface area (Å²) in [5.74, 6) is 0.109. The Morgan fingerprint density at radius 3 is 2.14 bits per heavy atom. The van der Waals surface area contributed by atoms with Crippen molar-refractivity contribution in [1.82, 2.24) is 4.90 Å². The summed E-state index contributed by atoms with van der Waals surface area (Å²) in [5.41, 5.74) is 6.15. The van der Waals surface area contributed by atoms with Crippen LogP contribution in [-0.2, 0) is 15.1 Å². The summed E-state index contributed by atoms with van der Waals surface area (Å²) < 4.78 is 0. The lowest BCUT2D eigenvalue weighted by Gasteiger charge is -2.37. The SMILES string of the molecule is CC1CC2C(=O)N(C(C)(CN)c3ccccc3)C(=O)C2C1. The minimum atomic E-state index is -0.747. The van der Waals surface area contributed by atoms with E-state index in [0.29, 0.717) is 5.92 Å². The maximum absolute atomic E-state index is 12.8. The van der Waals surface area contributed by atoms with Crippen LogP contribution < -0.4 is 5.73 Å². The minimum absolute atomic E-state index is 0.0360. The summed E-state index contributed by atoms with van der Waals surface area (Å²) >= 11 is 0. The van der Waals surface area contributed by atoms with Crippen LogP contribution in [0.3, 0.4) is 0 Å². The summed E-state index contributed by atoms with van der Waals surface area (Å²) in [4.78, 5) is 27.0. The van der Waals surface area contributed by atoms with Crippen molar-refractivity contribution >= 4 is 11.8 Å². The van der Waals surface area contributed by atoms with Gasteiger partial charge in [-0.05, 0) is 31.2 Å². The van der Waals surface area contributed by atoms with Gasteiger partial charge in [-0.25, -0.2) is 0 Å². The second kappa shape index (κ2) is 4.95. The van der Waals surface area contributed by atoms with Gasteiger partial charge in [0.1, 0.15) is 0 Å². The van der Waals surface area contributed by atoms with Gasteiger partial charge >= 0.3 is 0 Å². The van der Waals surface area contributed by atoms with Crippen molar-refractivity contribution in [3.8, 4) is 0 Å². The molecule has 1 saturated carbocycles. The molecule has 0 bridgehead atoms. The third-order valence-electron chi connectivity index (χ3n) is 5.16. The van der Waals surface area contributed by atoms with Crippen molar-refractivity contribution in [3.05, 3.63) is 35.9 Å². The molecular weight excluding hydrogens is 264 g/mol. The number of imide groups is 1. The Labute approximate surface area is 125 Å². The lowest BCUT2D eigenvalue weighted by molar-refractivity contribution is -0.147. The highest BCUT2D eigenvalue weighted by atomic mass is 16.2. The van der Waals surface area contributed by atoms with Crippen LogP contribution in [0, 0.1) is 17.8 Å². The molecule has 4 nitrogen and oxygen atoms in total. The van der Waals surface area contributed by atoms with Crippen LogP contribution in [-0.4, -0.2) is 23.3 Å². The number of hydrogen-bond acceptors (Lipinski definition) is 3. The number of rotatable bonds is 3. The van der Waals surface area contributed by atoms with Crippen LogP contribution in [0.25, 0.3) is 0 Å². The van der Waals surface area contributed by atoms with Crippen molar-refractivity contribution in [1.29, 1.82) is 0 Å². The normalized spacial score (nSPS) is 31.4. The molecule has 1 aliphatic carbocycles. The molecule has 0 radical (unpaired) electrons. The molecule has 2 aliphatic rings. The Morgan fingerprint density at radius 2 is 1.67 bits per heavy atom. The maximum Gasteiger partial charge on any atom is 0.233 e. The molecule has 112 valence electrons. The molecule has 3 rings (SSSR count). The van der Waals surface area contributed by atoms with E-state index in [1.165, 1.54) is 4.90 Å². The molecule has 2 fully saturated rings. The fourth-order valence-electron chi connectivity index (χ4n) is 3.90. The highest BCUT2D eigenvalue weighted by Crippen LogP contribution is 2.46. The van der Waals surface area contributed by atoms with E-state index < -0.39 is 5.54 Å². The summed E-state index contributed by atoms with van der Waals surface area (Å²) in [6.45, 7) is 4.24.